The average Bonchev–Trinajstić information content (AvgIpc) is 3.39. The SMILES string of the molecule is O[C@@H]1C=C[C@H](O)[C@]23O[C@@]12C1(C=C[C@@H]3O)Oc2cccc3cccc(c23)O1. The highest BCUT2D eigenvalue weighted by atomic mass is 16.8. The zero-order chi connectivity index (χ0) is 17.7. The highest BCUT2D eigenvalue weighted by molar-refractivity contribution is 5.94. The third kappa shape index (κ3) is 1.35. The first kappa shape index (κ1) is 14.8. The van der Waals surface area contributed by atoms with Crippen LogP contribution in [0.3, 0.4) is 0 Å². The van der Waals surface area contributed by atoms with Crippen molar-refractivity contribution in [2.45, 2.75) is 35.3 Å². The van der Waals surface area contributed by atoms with Crippen molar-refractivity contribution in [1.29, 1.82) is 0 Å². The van der Waals surface area contributed by atoms with Gasteiger partial charge in [0, 0.05) is 6.08 Å². The number of aliphatic hydroxyl groups excluding tert-OH is 3. The molecule has 6 nitrogen and oxygen atoms in total. The second kappa shape index (κ2) is 4.29. The summed E-state index contributed by atoms with van der Waals surface area (Å²) in [4.78, 5) is 0. The van der Waals surface area contributed by atoms with Crippen LogP contribution in [0.15, 0.2) is 60.7 Å². The fourth-order valence-corrected chi connectivity index (χ4v) is 4.80. The van der Waals surface area contributed by atoms with Crippen LogP contribution in [0, 0.1) is 0 Å². The Labute approximate surface area is 148 Å². The Hall–Kier alpha value is -2.38. The topological polar surface area (TPSA) is 91.7 Å². The molecular weight excluding hydrogens is 336 g/mol. The van der Waals surface area contributed by atoms with Crippen molar-refractivity contribution >= 4 is 10.8 Å². The van der Waals surface area contributed by atoms with Gasteiger partial charge in [-0.25, -0.2) is 0 Å². The summed E-state index contributed by atoms with van der Waals surface area (Å²) in [7, 11) is 0. The lowest BCUT2D eigenvalue weighted by Gasteiger charge is -2.46. The number of hydrogen-bond acceptors (Lipinski definition) is 6. The molecule has 6 rings (SSSR count). The molecule has 0 aromatic heterocycles. The number of aliphatic hydroxyl groups is 3. The maximum Gasteiger partial charge on any atom is 0.306 e. The number of rotatable bonds is 0. The second-order valence-corrected chi connectivity index (χ2v) is 7.19. The van der Waals surface area contributed by atoms with Crippen LogP contribution in [0.25, 0.3) is 10.8 Å². The Balaban J connectivity index is 1.60. The van der Waals surface area contributed by atoms with Gasteiger partial charge in [0.05, 0.1) is 5.39 Å². The summed E-state index contributed by atoms with van der Waals surface area (Å²) < 4.78 is 18.4. The van der Waals surface area contributed by atoms with Crippen LogP contribution in [-0.2, 0) is 4.74 Å². The third-order valence-electron chi connectivity index (χ3n) is 6.01. The predicted molar refractivity (Wildman–Crippen MR) is 90.8 cm³/mol. The summed E-state index contributed by atoms with van der Waals surface area (Å²) in [6.45, 7) is 0. The summed E-state index contributed by atoms with van der Waals surface area (Å²) in [5, 5.41) is 33.6. The summed E-state index contributed by atoms with van der Waals surface area (Å²) in [6, 6.07) is 11.4. The Kier molecular flexibility index (Phi) is 2.44. The van der Waals surface area contributed by atoms with E-state index in [4.69, 9.17) is 14.2 Å². The van der Waals surface area contributed by atoms with Gasteiger partial charge in [0.25, 0.3) is 0 Å². The van der Waals surface area contributed by atoms with Crippen LogP contribution in [0.2, 0.25) is 0 Å². The van der Waals surface area contributed by atoms with Crippen LogP contribution in [-0.4, -0.2) is 50.6 Å². The molecule has 2 aromatic rings. The number of ether oxygens (including phenoxy) is 3. The van der Waals surface area contributed by atoms with Crippen LogP contribution >= 0.6 is 0 Å². The summed E-state index contributed by atoms with van der Waals surface area (Å²) in [5.41, 5.74) is -2.85. The van der Waals surface area contributed by atoms with Gasteiger partial charge in [-0.3, -0.25) is 0 Å². The fourth-order valence-electron chi connectivity index (χ4n) is 4.80. The van der Waals surface area contributed by atoms with E-state index in [2.05, 4.69) is 0 Å². The molecule has 0 saturated carbocycles. The molecule has 0 unspecified atom stereocenters. The highest BCUT2D eigenvalue weighted by Gasteiger charge is 2.91. The molecule has 2 heterocycles. The van der Waals surface area contributed by atoms with Gasteiger partial charge in [-0.15, -0.1) is 0 Å². The maximum absolute atomic E-state index is 10.8. The van der Waals surface area contributed by atoms with Crippen LogP contribution < -0.4 is 9.47 Å². The normalized spacial score (nSPS) is 40.5. The van der Waals surface area contributed by atoms with Crippen molar-refractivity contribution in [3.63, 3.8) is 0 Å². The van der Waals surface area contributed by atoms with Gasteiger partial charge >= 0.3 is 5.79 Å². The minimum atomic E-state index is -1.50. The molecule has 2 aliphatic heterocycles. The Bertz CT molecular complexity index is 972. The van der Waals surface area contributed by atoms with Crippen molar-refractivity contribution in [2.24, 2.45) is 0 Å². The molecule has 5 atom stereocenters. The minimum absolute atomic E-state index is 0.598. The van der Waals surface area contributed by atoms with Gasteiger partial charge in [0.15, 0.2) is 5.60 Å². The van der Waals surface area contributed by atoms with Gasteiger partial charge in [-0.05, 0) is 23.6 Å². The summed E-state index contributed by atoms with van der Waals surface area (Å²) in [5.74, 6) is -0.305. The number of epoxide rings is 1. The van der Waals surface area contributed by atoms with Crippen molar-refractivity contribution in [3.8, 4) is 11.5 Å². The largest absolute Gasteiger partial charge is 0.445 e. The molecule has 0 radical (unpaired) electrons. The first-order valence-electron chi connectivity index (χ1n) is 8.56. The molecule has 2 aliphatic carbocycles. The molecule has 4 aliphatic rings. The quantitative estimate of drug-likeness (QED) is 0.485. The first-order chi connectivity index (χ1) is 12.5. The van der Waals surface area contributed by atoms with Gasteiger partial charge in [-0.2, -0.15) is 0 Å². The second-order valence-electron chi connectivity index (χ2n) is 7.19. The highest BCUT2D eigenvalue weighted by Crippen LogP contribution is 2.67. The molecule has 6 heteroatoms. The molecule has 0 bridgehead atoms. The van der Waals surface area contributed by atoms with E-state index in [1.165, 1.54) is 18.2 Å². The lowest BCUT2D eigenvalue weighted by molar-refractivity contribution is -0.162. The van der Waals surface area contributed by atoms with Crippen LogP contribution in [0.4, 0.5) is 0 Å². The van der Waals surface area contributed by atoms with Gasteiger partial charge < -0.3 is 29.5 Å². The van der Waals surface area contributed by atoms with Crippen molar-refractivity contribution in [3.05, 3.63) is 60.7 Å². The zero-order valence-electron chi connectivity index (χ0n) is 13.6. The van der Waals surface area contributed by atoms with E-state index in [9.17, 15) is 15.3 Å². The first-order valence-corrected chi connectivity index (χ1v) is 8.56. The van der Waals surface area contributed by atoms with Gasteiger partial charge in [0.2, 0.25) is 5.60 Å². The number of hydrogen-bond donors (Lipinski definition) is 3. The van der Waals surface area contributed by atoms with E-state index in [1.807, 2.05) is 36.4 Å². The predicted octanol–water partition coefficient (Wildman–Crippen LogP) is 1.04. The smallest absolute Gasteiger partial charge is 0.306 e. The minimum Gasteiger partial charge on any atom is -0.445 e. The average molecular weight is 352 g/mol. The molecule has 2 aromatic carbocycles. The standard InChI is InChI=1S/C20H16O6/c21-14-7-8-16(23)20-18(10-9-15(22)19(14,20)26-20)24-12-5-1-3-11-4-2-6-13(25-18)17(11)12/h1-10,14-16,21-23H/t14-,15-,16+,19+,20+/m0/s1. The Morgan fingerprint density at radius 1 is 0.769 bits per heavy atom. The van der Waals surface area contributed by atoms with E-state index in [-0.39, 0.29) is 0 Å². The Morgan fingerprint density at radius 2 is 1.38 bits per heavy atom. The molecule has 26 heavy (non-hydrogen) atoms. The monoisotopic (exact) mass is 352 g/mol. The molecule has 132 valence electrons. The summed E-state index contributed by atoms with van der Waals surface area (Å²) >= 11 is 0. The maximum atomic E-state index is 10.8. The summed E-state index contributed by atoms with van der Waals surface area (Å²) in [6.07, 6.45) is 2.66. The third-order valence-corrected chi connectivity index (χ3v) is 6.01. The molecule has 1 spiro atoms. The van der Waals surface area contributed by atoms with Crippen molar-refractivity contribution in [1.82, 2.24) is 0 Å². The van der Waals surface area contributed by atoms with E-state index in [0.29, 0.717) is 11.5 Å². The van der Waals surface area contributed by atoms with Crippen LogP contribution in [0.5, 0.6) is 11.5 Å². The molecule has 1 fully saturated rings. The lowest BCUT2D eigenvalue weighted by atomic mass is 9.68. The lowest BCUT2D eigenvalue weighted by Crippen LogP contribution is -2.69. The van der Waals surface area contributed by atoms with Crippen molar-refractivity contribution in [2.75, 3.05) is 0 Å². The van der Waals surface area contributed by atoms with E-state index < -0.39 is 35.3 Å². The molecular formula is C20H16O6. The van der Waals surface area contributed by atoms with E-state index >= 15 is 0 Å². The molecule has 0 amide bonds. The fraction of sp³-hybridized carbons (Fsp3) is 0.300. The molecule has 1 saturated heterocycles. The van der Waals surface area contributed by atoms with Gasteiger partial charge in [-0.1, -0.05) is 36.4 Å². The number of benzene rings is 2. The zero-order valence-corrected chi connectivity index (χ0v) is 13.6. The molecule has 3 N–H and O–H groups in total. The van der Waals surface area contributed by atoms with E-state index in [1.54, 1.807) is 6.08 Å². The van der Waals surface area contributed by atoms with E-state index in [0.717, 1.165) is 10.8 Å². The van der Waals surface area contributed by atoms with Crippen molar-refractivity contribution < 1.29 is 29.5 Å². The van der Waals surface area contributed by atoms with Gasteiger partial charge in [0.1, 0.15) is 29.8 Å². The van der Waals surface area contributed by atoms with Crippen LogP contribution in [0.1, 0.15) is 0 Å². The Morgan fingerprint density at radius 3 is 2.08 bits per heavy atom.